The average molecular weight is 303 g/mol. The van der Waals surface area contributed by atoms with Gasteiger partial charge >= 0.3 is 0 Å². The van der Waals surface area contributed by atoms with Crippen molar-refractivity contribution in [3.8, 4) is 0 Å². The van der Waals surface area contributed by atoms with Gasteiger partial charge in [-0.05, 0) is 12.5 Å². The molecule has 0 spiro atoms. The molecular weight excluding hydrogens is 288 g/mol. The van der Waals surface area contributed by atoms with Gasteiger partial charge in [-0.3, -0.25) is 9.59 Å². The molecule has 0 aliphatic rings. The summed E-state index contributed by atoms with van der Waals surface area (Å²) in [5.41, 5.74) is 0.773. The number of benzene rings is 1. The molecule has 0 radical (unpaired) electrons. The van der Waals surface area contributed by atoms with Gasteiger partial charge in [-0.2, -0.15) is 0 Å². The van der Waals surface area contributed by atoms with E-state index in [1.165, 1.54) is 25.1 Å². The maximum absolute atomic E-state index is 10.8. The molecule has 19 heavy (non-hydrogen) atoms. The van der Waals surface area contributed by atoms with Gasteiger partial charge in [0, 0.05) is 28.8 Å². The second-order valence-corrected chi connectivity index (χ2v) is 5.72. The van der Waals surface area contributed by atoms with Crippen molar-refractivity contribution in [3.05, 3.63) is 34.3 Å². The summed E-state index contributed by atoms with van der Waals surface area (Å²) in [7, 11) is 0. The van der Waals surface area contributed by atoms with E-state index in [1.807, 2.05) is 0 Å². The summed E-state index contributed by atoms with van der Waals surface area (Å²) in [4.78, 5) is 21.3. The fraction of sp³-hybridized carbons (Fsp3) is 0.385. The Kier molecular flexibility index (Phi) is 6.51. The molecule has 2 atom stereocenters. The maximum atomic E-state index is 10.8. The van der Waals surface area contributed by atoms with Crippen molar-refractivity contribution in [1.82, 2.24) is 0 Å². The molecular formula is C13H15ClO4S. The first-order valence-electron chi connectivity index (χ1n) is 5.69. The monoisotopic (exact) mass is 302 g/mol. The lowest BCUT2D eigenvalue weighted by Crippen LogP contribution is -2.19. The Morgan fingerprint density at radius 2 is 2.16 bits per heavy atom. The molecule has 0 saturated heterocycles. The van der Waals surface area contributed by atoms with Gasteiger partial charge in [0.15, 0.2) is 5.12 Å². The largest absolute Gasteiger partial charge is 0.390 e. The van der Waals surface area contributed by atoms with Crippen LogP contribution in [-0.4, -0.2) is 33.5 Å². The van der Waals surface area contributed by atoms with E-state index in [9.17, 15) is 19.8 Å². The third-order valence-corrected chi connectivity index (χ3v) is 3.74. The molecule has 1 aromatic carbocycles. The lowest BCUT2D eigenvalue weighted by atomic mass is 10.0. The summed E-state index contributed by atoms with van der Waals surface area (Å²) in [6, 6.07) is 4.47. The Labute approximate surface area is 120 Å². The van der Waals surface area contributed by atoms with Crippen LogP contribution in [0.1, 0.15) is 35.4 Å². The molecule has 0 aromatic heterocycles. The van der Waals surface area contributed by atoms with Crippen LogP contribution >= 0.6 is 23.4 Å². The number of halogens is 1. The Hall–Kier alpha value is -0.880. The molecule has 1 aromatic rings. The van der Waals surface area contributed by atoms with Crippen LogP contribution in [0.5, 0.6) is 0 Å². The molecule has 4 nitrogen and oxygen atoms in total. The second-order valence-electron chi connectivity index (χ2n) is 4.04. The second kappa shape index (κ2) is 7.65. The van der Waals surface area contributed by atoms with Crippen LogP contribution in [0, 0.1) is 0 Å². The van der Waals surface area contributed by atoms with Crippen molar-refractivity contribution in [2.75, 3.05) is 5.75 Å². The van der Waals surface area contributed by atoms with Crippen molar-refractivity contribution in [1.29, 1.82) is 0 Å². The van der Waals surface area contributed by atoms with Crippen molar-refractivity contribution < 1.29 is 19.8 Å². The molecule has 0 bridgehead atoms. The van der Waals surface area contributed by atoms with Gasteiger partial charge in [0.2, 0.25) is 0 Å². The standard InChI is InChI=1S/C13H15ClO4S/c1-8(16)19-5-4-12(17)13(18)10-3-2-9(7-15)6-11(10)14/h2-3,6-7,12-13,17-18H,4-5H2,1H3. The highest BCUT2D eigenvalue weighted by molar-refractivity contribution is 8.13. The molecule has 2 N–H and O–H groups in total. The van der Waals surface area contributed by atoms with Gasteiger partial charge in [-0.1, -0.05) is 35.5 Å². The van der Waals surface area contributed by atoms with Crippen LogP contribution in [0.3, 0.4) is 0 Å². The van der Waals surface area contributed by atoms with E-state index in [0.717, 1.165) is 11.8 Å². The van der Waals surface area contributed by atoms with Crippen molar-refractivity contribution in [2.24, 2.45) is 0 Å². The Morgan fingerprint density at radius 3 is 2.68 bits per heavy atom. The number of aldehydes is 1. The fourth-order valence-corrected chi connectivity index (χ4v) is 2.49. The number of aliphatic hydroxyl groups is 2. The normalized spacial score (nSPS) is 13.9. The third kappa shape index (κ3) is 4.95. The summed E-state index contributed by atoms with van der Waals surface area (Å²) in [6.07, 6.45) is -1.22. The van der Waals surface area contributed by atoms with E-state index in [4.69, 9.17) is 11.6 Å². The molecule has 2 unspecified atom stereocenters. The Balaban J connectivity index is 2.68. The van der Waals surface area contributed by atoms with Crippen LogP contribution in [0.2, 0.25) is 5.02 Å². The Morgan fingerprint density at radius 1 is 1.47 bits per heavy atom. The Bertz CT molecular complexity index is 464. The van der Waals surface area contributed by atoms with Crippen molar-refractivity contribution >= 4 is 34.8 Å². The molecule has 0 heterocycles. The molecule has 0 aliphatic carbocycles. The predicted octanol–water partition coefficient (Wildman–Crippen LogP) is 2.22. The first-order chi connectivity index (χ1) is 8.95. The number of hydrogen-bond acceptors (Lipinski definition) is 5. The minimum absolute atomic E-state index is 0.0324. The summed E-state index contributed by atoms with van der Waals surface area (Å²) < 4.78 is 0. The van der Waals surface area contributed by atoms with E-state index >= 15 is 0 Å². The highest BCUT2D eigenvalue weighted by atomic mass is 35.5. The lowest BCUT2D eigenvalue weighted by Gasteiger charge is -2.19. The summed E-state index contributed by atoms with van der Waals surface area (Å²) in [5, 5.41) is 20.0. The number of carbonyl (C=O) groups is 2. The zero-order valence-corrected chi connectivity index (χ0v) is 11.9. The van der Waals surface area contributed by atoms with Crippen LogP contribution in [0.25, 0.3) is 0 Å². The van der Waals surface area contributed by atoms with Crippen LogP contribution < -0.4 is 0 Å². The zero-order valence-electron chi connectivity index (χ0n) is 10.4. The third-order valence-electron chi connectivity index (χ3n) is 2.56. The number of aliphatic hydroxyl groups excluding tert-OH is 2. The predicted molar refractivity (Wildman–Crippen MR) is 75.6 cm³/mol. The average Bonchev–Trinajstić information content (AvgIpc) is 2.37. The van der Waals surface area contributed by atoms with Gasteiger partial charge in [0.25, 0.3) is 0 Å². The lowest BCUT2D eigenvalue weighted by molar-refractivity contribution is -0.109. The maximum Gasteiger partial charge on any atom is 0.185 e. The topological polar surface area (TPSA) is 74.6 Å². The fourth-order valence-electron chi connectivity index (χ4n) is 1.55. The van der Waals surface area contributed by atoms with E-state index in [2.05, 4.69) is 0 Å². The summed E-state index contributed by atoms with van der Waals surface area (Å²) in [5.74, 6) is 0.428. The van der Waals surface area contributed by atoms with E-state index in [1.54, 1.807) is 0 Å². The van der Waals surface area contributed by atoms with Crippen LogP contribution in [-0.2, 0) is 4.79 Å². The first-order valence-corrected chi connectivity index (χ1v) is 7.06. The number of hydrogen-bond donors (Lipinski definition) is 2. The van der Waals surface area contributed by atoms with Crippen molar-refractivity contribution in [2.45, 2.75) is 25.6 Å². The molecule has 104 valence electrons. The van der Waals surface area contributed by atoms with Gasteiger partial charge in [-0.15, -0.1) is 0 Å². The van der Waals surface area contributed by atoms with E-state index in [0.29, 0.717) is 23.2 Å². The molecule has 6 heteroatoms. The van der Waals surface area contributed by atoms with Gasteiger partial charge in [-0.25, -0.2) is 0 Å². The van der Waals surface area contributed by atoms with Gasteiger partial charge < -0.3 is 10.2 Å². The SMILES string of the molecule is CC(=O)SCCC(O)C(O)c1ccc(C=O)cc1Cl. The first kappa shape index (κ1) is 16.2. The summed E-state index contributed by atoms with van der Waals surface area (Å²) in [6.45, 7) is 1.45. The van der Waals surface area contributed by atoms with Gasteiger partial charge in [0.05, 0.1) is 6.10 Å². The smallest absolute Gasteiger partial charge is 0.185 e. The zero-order chi connectivity index (χ0) is 14.4. The van der Waals surface area contributed by atoms with Crippen LogP contribution in [0.4, 0.5) is 0 Å². The summed E-state index contributed by atoms with van der Waals surface area (Å²) >= 11 is 7.04. The number of thioether (sulfide) groups is 1. The highest BCUT2D eigenvalue weighted by Gasteiger charge is 2.20. The van der Waals surface area contributed by atoms with Gasteiger partial charge in [0.1, 0.15) is 12.4 Å². The van der Waals surface area contributed by atoms with E-state index in [-0.39, 0.29) is 16.6 Å². The minimum Gasteiger partial charge on any atom is -0.390 e. The molecule has 0 aliphatic heterocycles. The molecule has 1 rings (SSSR count). The quantitative estimate of drug-likeness (QED) is 0.788. The highest BCUT2D eigenvalue weighted by Crippen LogP contribution is 2.27. The number of carbonyl (C=O) groups excluding carboxylic acids is 2. The van der Waals surface area contributed by atoms with E-state index < -0.39 is 12.2 Å². The number of rotatable bonds is 6. The molecule has 0 saturated carbocycles. The minimum atomic E-state index is -1.14. The molecule has 0 amide bonds. The van der Waals surface area contributed by atoms with Crippen LogP contribution in [0.15, 0.2) is 18.2 Å². The molecule has 0 fully saturated rings. The van der Waals surface area contributed by atoms with Crippen molar-refractivity contribution in [3.63, 3.8) is 0 Å².